The van der Waals surface area contributed by atoms with E-state index in [1.54, 1.807) is 23.3 Å². The van der Waals surface area contributed by atoms with E-state index in [2.05, 4.69) is 30.6 Å². The van der Waals surface area contributed by atoms with E-state index in [0.29, 0.717) is 24.3 Å². The average molecular weight is 484 g/mol. The molecular formula is C25H25N9O2. The van der Waals surface area contributed by atoms with Crippen LogP contribution in [0, 0.1) is 0 Å². The van der Waals surface area contributed by atoms with E-state index < -0.39 is 5.91 Å². The van der Waals surface area contributed by atoms with Crippen LogP contribution < -0.4 is 10.1 Å². The lowest BCUT2D eigenvalue weighted by Gasteiger charge is -2.17. The molecule has 5 aromatic rings. The monoisotopic (exact) mass is 483 g/mol. The molecular weight excluding hydrogens is 458 g/mol. The number of rotatable bonds is 8. The summed E-state index contributed by atoms with van der Waals surface area (Å²) in [7, 11) is 1.47. The van der Waals surface area contributed by atoms with E-state index in [1.807, 2.05) is 60.9 Å². The Morgan fingerprint density at radius 1 is 1.08 bits per heavy atom. The fourth-order valence-corrected chi connectivity index (χ4v) is 4.16. The van der Waals surface area contributed by atoms with E-state index in [4.69, 9.17) is 9.72 Å². The van der Waals surface area contributed by atoms with Gasteiger partial charge in [-0.2, -0.15) is 15.2 Å². The topological polar surface area (TPSA) is 126 Å². The van der Waals surface area contributed by atoms with Gasteiger partial charge >= 0.3 is 0 Å². The molecule has 0 bridgehead atoms. The van der Waals surface area contributed by atoms with Crippen molar-refractivity contribution in [3.8, 4) is 5.88 Å². The minimum absolute atomic E-state index is 0.165. The molecule has 0 aliphatic rings. The number of carbonyl (C=O) groups is 1. The third-order valence-corrected chi connectivity index (χ3v) is 5.86. The van der Waals surface area contributed by atoms with Crippen LogP contribution in [0.5, 0.6) is 5.88 Å². The number of aromatic nitrogens is 8. The number of fused-ring (bicyclic) bond motifs is 1. The number of anilines is 1. The number of benzene rings is 1. The normalized spacial score (nSPS) is 12.0. The summed E-state index contributed by atoms with van der Waals surface area (Å²) in [6.45, 7) is 5.21. The van der Waals surface area contributed by atoms with Crippen molar-refractivity contribution in [2.24, 2.45) is 0 Å². The van der Waals surface area contributed by atoms with E-state index >= 15 is 0 Å². The summed E-state index contributed by atoms with van der Waals surface area (Å²) in [5, 5.41) is 15.4. The Balaban J connectivity index is 1.63. The molecule has 0 saturated carbocycles. The van der Waals surface area contributed by atoms with Crippen LogP contribution in [0.15, 0.2) is 61.1 Å². The first kappa shape index (κ1) is 23.1. The molecule has 1 aromatic carbocycles. The number of imidazole rings is 1. The molecule has 0 spiro atoms. The summed E-state index contributed by atoms with van der Waals surface area (Å²) < 4.78 is 9.13. The number of carbonyl (C=O) groups excluding carboxylic acids is 1. The molecule has 11 heteroatoms. The van der Waals surface area contributed by atoms with Crippen molar-refractivity contribution in [1.29, 1.82) is 0 Å². The Hall–Kier alpha value is -4.67. The van der Waals surface area contributed by atoms with Gasteiger partial charge in [0.25, 0.3) is 5.91 Å². The molecule has 36 heavy (non-hydrogen) atoms. The number of pyridine rings is 1. The Kier molecular flexibility index (Phi) is 6.35. The largest absolute Gasteiger partial charge is 0.480 e. The van der Waals surface area contributed by atoms with E-state index in [9.17, 15) is 4.79 Å². The van der Waals surface area contributed by atoms with Gasteiger partial charge in [0.1, 0.15) is 17.7 Å². The highest BCUT2D eigenvalue weighted by Gasteiger charge is 2.27. The van der Waals surface area contributed by atoms with Crippen molar-refractivity contribution in [3.05, 3.63) is 83.7 Å². The molecule has 1 atom stereocenters. The molecule has 1 N–H and O–H groups in total. The van der Waals surface area contributed by atoms with Gasteiger partial charge < -0.3 is 9.30 Å². The molecule has 1 unspecified atom stereocenters. The van der Waals surface area contributed by atoms with Gasteiger partial charge in [-0.25, -0.2) is 9.97 Å². The lowest BCUT2D eigenvalue weighted by Crippen LogP contribution is -2.16. The predicted molar refractivity (Wildman–Crippen MR) is 133 cm³/mol. The molecule has 0 saturated heterocycles. The standard InChI is InChI=1S/C25H25N9O2/c1-4-33-15-26-25(32-33)30-23(35)17-14-19-21(29-24(17)36-3)28-22(34(19)5-2)20(16-10-7-6-8-11-16)18-12-9-13-27-31-18/h6-15,20H,4-5H2,1-3H3,(H,30,32,35). The predicted octanol–water partition coefficient (Wildman–Crippen LogP) is 3.29. The summed E-state index contributed by atoms with van der Waals surface area (Å²) in [5.41, 5.74) is 3.21. The summed E-state index contributed by atoms with van der Waals surface area (Å²) in [5.74, 6) is 0.418. The Morgan fingerprint density at radius 2 is 1.92 bits per heavy atom. The number of hydrogen-bond acceptors (Lipinski definition) is 8. The lowest BCUT2D eigenvalue weighted by molar-refractivity contribution is 0.102. The first-order valence-corrected chi connectivity index (χ1v) is 11.6. The van der Waals surface area contributed by atoms with Crippen molar-refractivity contribution >= 4 is 23.0 Å². The summed E-state index contributed by atoms with van der Waals surface area (Å²) in [6, 6.07) is 15.5. The fourth-order valence-electron chi connectivity index (χ4n) is 4.16. The third kappa shape index (κ3) is 4.26. The number of amides is 1. The van der Waals surface area contributed by atoms with Gasteiger partial charge in [0.2, 0.25) is 11.8 Å². The smallest absolute Gasteiger partial charge is 0.263 e. The summed E-state index contributed by atoms with van der Waals surface area (Å²) in [4.78, 5) is 26.7. The first-order valence-electron chi connectivity index (χ1n) is 11.6. The van der Waals surface area contributed by atoms with Crippen molar-refractivity contribution in [1.82, 2.24) is 39.5 Å². The zero-order valence-corrected chi connectivity index (χ0v) is 20.2. The van der Waals surface area contributed by atoms with Crippen molar-refractivity contribution in [3.63, 3.8) is 0 Å². The van der Waals surface area contributed by atoms with Crippen LogP contribution in [-0.4, -0.2) is 52.5 Å². The summed E-state index contributed by atoms with van der Waals surface area (Å²) in [6.07, 6.45) is 3.20. The first-order chi connectivity index (χ1) is 17.6. The number of nitrogens with one attached hydrogen (secondary N) is 1. The maximum Gasteiger partial charge on any atom is 0.263 e. The fraction of sp³-hybridized carbons (Fsp3) is 0.240. The highest BCUT2D eigenvalue weighted by atomic mass is 16.5. The van der Waals surface area contributed by atoms with Gasteiger partial charge in [-0.1, -0.05) is 30.3 Å². The molecule has 4 heterocycles. The number of ether oxygens (including phenoxy) is 1. The molecule has 0 fully saturated rings. The van der Waals surface area contributed by atoms with E-state index in [0.717, 1.165) is 17.1 Å². The molecule has 1 amide bonds. The molecule has 4 aromatic heterocycles. The molecule has 0 aliphatic heterocycles. The highest BCUT2D eigenvalue weighted by molar-refractivity contribution is 6.06. The van der Waals surface area contributed by atoms with Crippen LogP contribution in [0.4, 0.5) is 5.95 Å². The zero-order valence-electron chi connectivity index (χ0n) is 20.2. The van der Waals surface area contributed by atoms with Crippen LogP contribution in [0.25, 0.3) is 11.2 Å². The number of methoxy groups -OCH3 is 1. The SMILES string of the molecule is CCn1cnc(NC(=O)c2cc3c(nc2OC)nc(C(c2ccccc2)c2cccnn2)n3CC)n1. The molecule has 182 valence electrons. The van der Waals surface area contributed by atoms with Crippen LogP contribution >= 0.6 is 0 Å². The van der Waals surface area contributed by atoms with Gasteiger partial charge in [-0.05, 0) is 37.6 Å². The zero-order chi connectivity index (χ0) is 25.1. The molecule has 5 rings (SSSR count). The maximum atomic E-state index is 13.2. The molecule has 11 nitrogen and oxygen atoms in total. The van der Waals surface area contributed by atoms with Gasteiger partial charge in [-0.3, -0.25) is 14.8 Å². The van der Waals surface area contributed by atoms with E-state index in [1.165, 1.54) is 7.11 Å². The maximum absolute atomic E-state index is 13.2. The molecule has 0 radical (unpaired) electrons. The second kappa shape index (κ2) is 9.90. The van der Waals surface area contributed by atoms with Crippen LogP contribution in [-0.2, 0) is 13.1 Å². The minimum Gasteiger partial charge on any atom is -0.480 e. The Labute approximate surface area is 207 Å². The molecule has 0 aliphatic carbocycles. The second-order valence-electron chi connectivity index (χ2n) is 7.97. The second-order valence-corrected chi connectivity index (χ2v) is 7.97. The number of hydrogen-bond donors (Lipinski definition) is 1. The van der Waals surface area contributed by atoms with Gasteiger partial charge in [0, 0.05) is 19.3 Å². The third-order valence-electron chi connectivity index (χ3n) is 5.86. The van der Waals surface area contributed by atoms with Crippen molar-refractivity contribution < 1.29 is 9.53 Å². The Morgan fingerprint density at radius 3 is 2.58 bits per heavy atom. The van der Waals surface area contributed by atoms with Gasteiger partial charge in [-0.15, -0.1) is 5.10 Å². The number of nitrogens with zero attached hydrogens (tertiary/aromatic N) is 8. The van der Waals surface area contributed by atoms with Gasteiger partial charge in [0.15, 0.2) is 5.65 Å². The van der Waals surface area contributed by atoms with E-state index in [-0.39, 0.29) is 23.3 Å². The van der Waals surface area contributed by atoms with Gasteiger partial charge in [0.05, 0.1) is 24.2 Å². The lowest BCUT2D eigenvalue weighted by atomic mass is 9.94. The van der Waals surface area contributed by atoms with Crippen LogP contribution in [0.1, 0.15) is 47.2 Å². The van der Waals surface area contributed by atoms with Crippen molar-refractivity contribution in [2.45, 2.75) is 32.9 Å². The number of aryl methyl sites for hydroxylation is 2. The van der Waals surface area contributed by atoms with Crippen molar-refractivity contribution in [2.75, 3.05) is 12.4 Å². The van der Waals surface area contributed by atoms with Crippen LogP contribution in [0.3, 0.4) is 0 Å². The minimum atomic E-state index is -0.422. The average Bonchev–Trinajstić information content (AvgIpc) is 3.52. The summed E-state index contributed by atoms with van der Waals surface area (Å²) >= 11 is 0. The highest BCUT2D eigenvalue weighted by Crippen LogP contribution is 2.33. The quantitative estimate of drug-likeness (QED) is 0.356. The Bertz CT molecular complexity index is 1460. The van der Waals surface area contributed by atoms with Crippen LogP contribution in [0.2, 0.25) is 0 Å².